The zero-order valence-electron chi connectivity index (χ0n) is 18.4. The smallest absolute Gasteiger partial charge is 0.327 e. The number of carboxylic acid groups (broad SMARTS) is 1. The molecule has 0 heterocycles. The molecule has 2 heteroatoms. The summed E-state index contributed by atoms with van der Waals surface area (Å²) >= 11 is 0. The molecule has 0 aromatic heterocycles. The van der Waals surface area contributed by atoms with Gasteiger partial charge in [-0.1, -0.05) is 114 Å². The van der Waals surface area contributed by atoms with E-state index in [-0.39, 0.29) is 0 Å². The van der Waals surface area contributed by atoms with Gasteiger partial charge in [-0.15, -0.1) is 0 Å². The first-order chi connectivity index (χ1) is 13.7. The van der Waals surface area contributed by atoms with Crippen molar-refractivity contribution in [2.45, 2.75) is 48.5 Å². The number of rotatable bonds is 2. The van der Waals surface area contributed by atoms with Gasteiger partial charge >= 0.3 is 5.97 Å². The minimum Gasteiger partial charge on any atom is -0.478 e. The van der Waals surface area contributed by atoms with Gasteiger partial charge in [-0.05, 0) is 34.9 Å². The van der Waals surface area contributed by atoms with Crippen LogP contribution >= 0.6 is 0 Å². The van der Waals surface area contributed by atoms with Gasteiger partial charge in [0, 0.05) is 6.08 Å². The van der Waals surface area contributed by atoms with E-state index in [2.05, 4.69) is 66.7 Å². The van der Waals surface area contributed by atoms with Gasteiger partial charge in [0.15, 0.2) is 0 Å². The summed E-state index contributed by atoms with van der Waals surface area (Å²) in [6.07, 6.45) is 2.56. The predicted molar refractivity (Wildman–Crippen MR) is 126 cm³/mol. The van der Waals surface area contributed by atoms with Gasteiger partial charge in [0.1, 0.15) is 0 Å². The third kappa shape index (κ3) is 11.0. The minimum absolute atomic E-state index is 0.891. The highest BCUT2D eigenvalue weighted by Gasteiger charge is 1.97. The van der Waals surface area contributed by atoms with Gasteiger partial charge in [-0.2, -0.15) is 0 Å². The summed E-state index contributed by atoms with van der Waals surface area (Å²) in [5.41, 5.74) is 2.55. The Morgan fingerprint density at radius 2 is 1.18 bits per heavy atom. The van der Waals surface area contributed by atoms with Crippen molar-refractivity contribution in [2.75, 3.05) is 0 Å². The Labute approximate surface area is 171 Å². The Balaban J connectivity index is 0. The van der Waals surface area contributed by atoms with E-state index < -0.39 is 5.97 Å². The number of carbonyl (C=O) groups is 1. The molecule has 0 aliphatic heterocycles. The van der Waals surface area contributed by atoms with Crippen LogP contribution in [0.15, 0.2) is 84.9 Å². The molecule has 0 bridgehead atoms. The lowest BCUT2D eigenvalue weighted by Crippen LogP contribution is -1.83. The fraction of sp³-hybridized carbons (Fsp3) is 0.269. The van der Waals surface area contributed by atoms with Crippen LogP contribution in [-0.4, -0.2) is 11.1 Å². The Morgan fingerprint density at radius 3 is 1.64 bits per heavy atom. The second-order valence-corrected chi connectivity index (χ2v) is 4.77. The maximum absolute atomic E-state index is 9.51. The van der Waals surface area contributed by atoms with E-state index >= 15 is 0 Å². The molecule has 3 aromatic rings. The molecular weight excluding hydrogens is 344 g/mol. The average Bonchev–Trinajstić information content (AvgIpc) is 2.78. The van der Waals surface area contributed by atoms with Gasteiger partial charge in [0.2, 0.25) is 0 Å². The van der Waals surface area contributed by atoms with Crippen LogP contribution < -0.4 is 0 Å². The molecule has 2 nitrogen and oxygen atoms in total. The van der Waals surface area contributed by atoms with Crippen LogP contribution in [0.1, 0.15) is 48.5 Å². The molecule has 28 heavy (non-hydrogen) atoms. The quantitative estimate of drug-likeness (QED) is 0.454. The van der Waals surface area contributed by atoms with E-state index in [9.17, 15) is 4.79 Å². The highest BCUT2D eigenvalue weighted by Crippen LogP contribution is 2.23. The topological polar surface area (TPSA) is 37.3 Å². The van der Waals surface area contributed by atoms with E-state index in [1.54, 1.807) is 6.92 Å². The molecule has 0 fully saturated rings. The molecule has 3 rings (SSSR count). The number of hydrogen-bond acceptors (Lipinski definition) is 1. The fourth-order valence-electron chi connectivity index (χ4n) is 2.14. The van der Waals surface area contributed by atoms with E-state index in [1.807, 2.05) is 47.6 Å². The molecule has 0 amide bonds. The molecule has 0 radical (unpaired) electrons. The van der Waals surface area contributed by atoms with E-state index in [0.29, 0.717) is 0 Å². The molecule has 0 saturated carbocycles. The van der Waals surface area contributed by atoms with E-state index in [4.69, 9.17) is 5.11 Å². The summed E-state index contributed by atoms with van der Waals surface area (Å²) < 4.78 is 0. The van der Waals surface area contributed by atoms with Gasteiger partial charge in [0.05, 0.1) is 0 Å². The van der Waals surface area contributed by atoms with Gasteiger partial charge in [-0.3, -0.25) is 0 Å². The van der Waals surface area contributed by atoms with Crippen LogP contribution in [0.4, 0.5) is 0 Å². The minimum atomic E-state index is -0.891. The molecule has 0 unspecified atom stereocenters. The third-order valence-electron chi connectivity index (χ3n) is 3.17. The molecule has 0 aliphatic carbocycles. The summed E-state index contributed by atoms with van der Waals surface area (Å²) in [5, 5.41) is 10.4. The van der Waals surface area contributed by atoms with Crippen LogP contribution in [0.2, 0.25) is 0 Å². The molecule has 3 aromatic carbocycles. The lowest BCUT2D eigenvalue weighted by molar-refractivity contribution is -0.131. The number of benzene rings is 3. The number of fused-ring (bicyclic) bond motifs is 1. The summed E-state index contributed by atoms with van der Waals surface area (Å²) in [6, 6.07) is 25.5. The summed E-state index contributed by atoms with van der Waals surface area (Å²) in [4.78, 5) is 9.51. The monoisotopic (exact) mass is 380 g/mol. The molecule has 0 spiro atoms. The first-order valence-corrected chi connectivity index (χ1v) is 10.1. The SMILES string of the molecule is C/C=C/C(=O)O.CC.CC.CC.c1ccc(-c2ccc3ccccc3c2)cc1. The zero-order valence-corrected chi connectivity index (χ0v) is 18.4. The first kappa shape index (κ1) is 27.3. The second-order valence-electron chi connectivity index (χ2n) is 4.77. The number of carboxylic acids is 1. The molecular formula is C26H36O2. The van der Waals surface area contributed by atoms with Gasteiger partial charge in [-0.25, -0.2) is 4.79 Å². The summed E-state index contributed by atoms with van der Waals surface area (Å²) in [6.45, 7) is 13.7. The van der Waals surface area contributed by atoms with Crippen LogP contribution in [0, 0.1) is 0 Å². The standard InChI is InChI=1S/C16H12.C4H6O2.3C2H6/c1-2-6-13(7-3-1)16-11-10-14-8-4-5-9-15(14)12-16;1-2-3-4(5)6;3*1-2/h1-12H;2-3H,1H3,(H,5,6);3*1-2H3/b;3-2+;;;. The highest BCUT2D eigenvalue weighted by atomic mass is 16.4. The number of hydrogen-bond donors (Lipinski definition) is 1. The van der Waals surface area contributed by atoms with E-state index in [1.165, 1.54) is 28.0 Å². The maximum atomic E-state index is 9.51. The molecule has 0 aliphatic rings. The van der Waals surface area contributed by atoms with Crippen molar-refractivity contribution in [1.29, 1.82) is 0 Å². The largest absolute Gasteiger partial charge is 0.478 e. The van der Waals surface area contributed by atoms with Crippen LogP contribution in [-0.2, 0) is 4.79 Å². The maximum Gasteiger partial charge on any atom is 0.327 e. The van der Waals surface area contributed by atoms with Gasteiger partial charge < -0.3 is 5.11 Å². The molecule has 0 atom stereocenters. The molecule has 152 valence electrons. The van der Waals surface area contributed by atoms with Crippen molar-refractivity contribution in [3.8, 4) is 11.1 Å². The van der Waals surface area contributed by atoms with E-state index in [0.717, 1.165) is 6.08 Å². The normalized spacial score (nSPS) is 8.68. The molecule has 1 N–H and O–H groups in total. The van der Waals surface area contributed by atoms with Crippen molar-refractivity contribution in [3.05, 3.63) is 84.9 Å². The lowest BCUT2D eigenvalue weighted by atomic mass is 10.0. The van der Waals surface area contributed by atoms with Crippen molar-refractivity contribution in [3.63, 3.8) is 0 Å². The Kier molecular flexibility index (Phi) is 18.5. The third-order valence-corrected chi connectivity index (χ3v) is 3.17. The summed E-state index contributed by atoms with van der Waals surface area (Å²) in [5.74, 6) is -0.891. The van der Waals surface area contributed by atoms with Crippen LogP contribution in [0.3, 0.4) is 0 Å². The fourth-order valence-corrected chi connectivity index (χ4v) is 2.14. The van der Waals surface area contributed by atoms with Crippen molar-refractivity contribution >= 4 is 16.7 Å². The van der Waals surface area contributed by atoms with Crippen molar-refractivity contribution in [1.82, 2.24) is 0 Å². The van der Waals surface area contributed by atoms with Crippen LogP contribution in [0.5, 0.6) is 0 Å². The first-order valence-electron chi connectivity index (χ1n) is 10.1. The second kappa shape index (κ2) is 18.9. The van der Waals surface area contributed by atoms with Crippen molar-refractivity contribution < 1.29 is 9.90 Å². The van der Waals surface area contributed by atoms with Crippen LogP contribution in [0.25, 0.3) is 21.9 Å². The Bertz CT molecular complexity index is 775. The number of allylic oxidation sites excluding steroid dienone is 1. The van der Waals surface area contributed by atoms with Gasteiger partial charge in [0.25, 0.3) is 0 Å². The Morgan fingerprint density at radius 1 is 0.679 bits per heavy atom. The predicted octanol–water partition coefficient (Wildman–Crippen LogP) is 8.23. The average molecular weight is 381 g/mol. The van der Waals surface area contributed by atoms with Crippen molar-refractivity contribution in [2.24, 2.45) is 0 Å². The Hall–Kier alpha value is -2.87. The zero-order chi connectivity index (χ0) is 21.8. The number of aliphatic carboxylic acids is 1. The molecule has 0 saturated heterocycles. The highest BCUT2D eigenvalue weighted by molar-refractivity contribution is 5.87. The lowest BCUT2D eigenvalue weighted by Gasteiger charge is -2.03. The summed E-state index contributed by atoms with van der Waals surface area (Å²) in [7, 11) is 0.